The van der Waals surface area contributed by atoms with Gasteiger partial charge in [-0.2, -0.15) is 0 Å². The van der Waals surface area contributed by atoms with E-state index in [0.29, 0.717) is 0 Å². The fourth-order valence-corrected chi connectivity index (χ4v) is 2.90. The molecule has 0 spiro atoms. The molecule has 1 atom stereocenters. The van der Waals surface area contributed by atoms with Crippen LogP contribution in [0.4, 0.5) is 0 Å². The minimum absolute atomic E-state index is 0.0190. The number of rotatable bonds is 4. The summed E-state index contributed by atoms with van der Waals surface area (Å²) in [7, 11) is 0. The van der Waals surface area contributed by atoms with Gasteiger partial charge in [-0.3, -0.25) is 4.79 Å². The van der Waals surface area contributed by atoms with Crippen LogP contribution in [-0.2, 0) is 0 Å². The van der Waals surface area contributed by atoms with Crippen LogP contribution in [0.3, 0.4) is 0 Å². The molecule has 1 heterocycles. The monoisotopic (exact) mass is 324 g/mol. The molecule has 1 aromatic rings. The Balaban J connectivity index is 1.94. The summed E-state index contributed by atoms with van der Waals surface area (Å²) in [6.45, 7) is 7.31. The van der Waals surface area contributed by atoms with Crippen LogP contribution in [0.15, 0.2) is 22.7 Å². The summed E-state index contributed by atoms with van der Waals surface area (Å²) in [5.41, 5.74) is 1.76. The van der Waals surface area contributed by atoms with Gasteiger partial charge in [0, 0.05) is 22.6 Å². The van der Waals surface area contributed by atoms with Crippen LogP contribution >= 0.6 is 15.9 Å². The van der Waals surface area contributed by atoms with E-state index in [-0.39, 0.29) is 11.9 Å². The lowest BCUT2D eigenvalue weighted by molar-refractivity contribution is 0.0931. The number of carbonyl (C=O) groups is 1. The minimum Gasteiger partial charge on any atom is -0.348 e. The fraction of sp³-hybridized carbons (Fsp3) is 0.533. The van der Waals surface area contributed by atoms with E-state index in [1.807, 2.05) is 25.1 Å². The number of nitrogens with one attached hydrogen (secondary N) is 1. The molecule has 1 aromatic carbocycles. The highest BCUT2D eigenvalue weighted by Crippen LogP contribution is 2.16. The van der Waals surface area contributed by atoms with Crippen LogP contribution in [0.5, 0.6) is 0 Å². The van der Waals surface area contributed by atoms with E-state index in [1.165, 1.54) is 12.8 Å². The highest BCUT2D eigenvalue weighted by atomic mass is 79.9. The van der Waals surface area contributed by atoms with Gasteiger partial charge in [-0.05, 0) is 57.5 Å². The maximum atomic E-state index is 12.3. The molecule has 19 heavy (non-hydrogen) atoms. The summed E-state index contributed by atoms with van der Waals surface area (Å²) in [4.78, 5) is 14.7. The standard InChI is InChI=1S/C15H21BrN2O/c1-11-5-6-13(16)9-14(11)15(19)17-12(2)10-18-7-3-4-8-18/h5-6,9,12H,3-4,7-8,10H2,1-2H3,(H,17,19). The molecule has 0 saturated carbocycles. The number of amides is 1. The molecule has 1 aliphatic rings. The predicted octanol–water partition coefficient (Wildman–Crippen LogP) is 2.97. The zero-order chi connectivity index (χ0) is 13.8. The van der Waals surface area contributed by atoms with Gasteiger partial charge in [0.2, 0.25) is 0 Å². The lowest BCUT2D eigenvalue weighted by atomic mass is 10.1. The van der Waals surface area contributed by atoms with Crippen molar-refractivity contribution in [1.82, 2.24) is 10.2 Å². The van der Waals surface area contributed by atoms with Crippen LogP contribution < -0.4 is 5.32 Å². The Morgan fingerprint density at radius 1 is 1.42 bits per heavy atom. The lowest BCUT2D eigenvalue weighted by Crippen LogP contribution is -2.41. The van der Waals surface area contributed by atoms with Crippen molar-refractivity contribution in [1.29, 1.82) is 0 Å². The lowest BCUT2D eigenvalue weighted by Gasteiger charge is -2.21. The quantitative estimate of drug-likeness (QED) is 0.923. The summed E-state index contributed by atoms with van der Waals surface area (Å²) >= 11 is 3.41. The zero-order valence-electron chi connectivity index (χ0n) is 11.6. The summed E-state index contributed by atoms with van der Waals surface area (Å²) in [6, 6.07) is 5.99. The molecule has 0 radical (unpaired) electrons. The predicted molar refractivity (Wildman–Crippen MR) is 81.5 cm³/mol. The van der Waals surface area contributed by atoms with Gasteiger partial charge in [0.25, 0.3) is 5.91 Å². The van der Waals surface area contributed by atoms with Gasteiger partial charge >= 0.3 is 0 Å². The van der Waals surface area contributed by atoms with Gasteiger partial charge in [-0.25, -0.2) is 0 Å². The van der Waals surface area contributed by atoms with Crippen LogP contribution in [-0.4, -0.2) is 36.5 Å². The SMILES string of the molecule is Cc1ccc(Br)cc1C(=O)NC(C)CN1CCCC1. The van der Waals surface area contributed by atoms with E-state index in [1.54, 1.807) is 0 Å². The third-order valence-electron chi connectivity index (χ3n) is 3.55. The van der Waals surface area contributed by atoms with Crippen molar-refractivity contribution in [2.45, 2.75) is 32.7 Å². The summed E-state index contributed by atoms with van der Waals surface area (Å²) < 4.78 is 0.940. The highest BCUT2D eigenvalue weighted by molar-refractivity contribution is 9.10. The fourth-order valence-electron chi connectivity index (χ4n) is 2.54. The number of likely N-dealkylation sites (tertiary alicyclic amines) is 1. The molecule has 1 aliphatic heterocycles. The van der Waals surface area contributed by atoms with Gasteiger partial charge in [0.05, 0.1) is 0 Å². The number of aryl methyl sites for hydroxylation is 1. The minimum atomic E-state index is 0.0190. The van der Waals surface area contributed by atoms with Crippen LogP contribution in [0, 0.1) is 6.92 Å². The van der Waals surface area contributed by atoms with Gasteiger partial charge in [-0.1, -0.05) is 22.0 Å². The molecule has 3 nitrogen and oxygen atoms in total. The van der Waals surface area contributed by atoms with Gasteiger partial charge in [0.15, 0.2) is 0 Å². The first-order valence-corrected chi connectivity index (χ1v) is 7.65. The molecule has 0 bridgehead atoms. The Hall–Kier alpha value is -0.870. The number of nitrogens with zero attached hydrogens (tertiary/aromatic N) is 1. The van der Waals surface area contributed by atoms with Gasteiger partial charge in [-0.15, -0.1) is 0 Å². The Bertz CT molecular complexity index is 455. The molecule has 1 amide bonds. The third kappa shape index (κ3) is 4.05. The molecular formula is C15H21BrN2O. The number of carbonyl (C=O) groups excluding carboxylic acids is 1. The molecule has 0 aromatic heterocycles. The maximum Gasteiger partial charge on any atom is 0.251 e. The molecule has 1 saturated heterocycles. The van der Waals surface area contributed by atoms with Crippen LogP contribution in [0.1, 0.15) is 35.7 Å². The van der Waals surface area contributed by atoms with Crippen molar-refractivity contribution in [2.75, 3.05) is 19.6 Å². The Morgan fingerprint density at radius 3 is 2.79 bits per heavy atom. The number of benzene rings is 1. The average molecular weight is 325 g/mol. The second-order valence-electron chi connectivity index (χ2n) is 5.34. The third-order valence-corrected chi connectivity index (χ3v) is 4.05. The first-order valence-electron chi connectivity index (χ1n) is 6.85. The number of hydrogen-bond acceptors (Lipinski definition) is 2. The largest absolute Gasteiger partial charge is 0.348 e. The van der Waals surface area contributed by atoms with Crippen molar-refractivity contribution in [2.24, 2.45) is 0 Å². The molecule has 1 fully saturated rings. The first kappa shape index (κ1) is 14.5. The van der Waals surface area contributed by atoms with E-state index >= 15 is 0 Å². The first-order chi connectivity index (χ1) is 9.06. The normalized spacial score (nSPS) is 17.4. The van der Waals surface area contributed by atoms with E-state index in [4.69, 9.17) is 0 Å². The maximum absolute atomic E-state index is 12.3. The number of hydrogen-bond donors (Lipinski definition) is 1. The molecule has 1 unspecified atom stereocenters. The average Bonchev–Trinajstić information content (AvgIpc) is 2.84. The van der Waals surface area contributed by atoms with Crippen LogP contribution in [0.2, 0.25) is 0 Å². The Morgan fingerprint density at radius 2 is 2.11 bits per heavy atom. The highest BCUT2D eigenvalue weighted by Gasteiger charge is 2.17. The Labute approximate surface area is 123 Å². The van der Waals surface area contributed by atoms with Crippen molar-refractivity contribution in [3.63, 3.8) is 0 Å². The molecule has 104 valence electrons. The van der Waals surface area contributed by atoms with E-state index in [0.717, 1.165) is 35.2 Å². The molecular weight excluding hydrogens is 304 g/mol. The van der Waals surface area contributed by atoms with Crippen molar-refractivity contribution < 1.29 is 4.79 Å². The number of halogens is 1. The van der Waals surface area contributed by atoms with E-state index in [9.17, 15) is 4.79 Å². The summed E-state index contributed by atoms with van der Waals surface area (Å²) in [5, 5.41) is 3.09. The summed E-state index contributed by atoms with van der Waals surface area (Å²) in [6.07, 6.45) is 2.57. The van der Waals surface area contributed by atoms with Crippen molar-refractivity contribution in [3.8, 4) is 0 Å². The molecule has 0 aliphatic carbocycles. The van der Waals surface area contributed by atoms with Crippen molar-refractivity contribution in [3.05, 3.63) is 33.8 Å². The van der Waals surface area contributed by atoms with Crippen molar-refractivity contribution >= 4 is 21.8 Å². The summed E-state index contributed by atoms with van der Waals surface area (Å²) in [5.74, 6) is 0.0190. The second kappa shape index (κ2) is 6.53. The van der Waals surface area contributed by atoms with Gasteiger partial charge in [0.1, 0.15) is 0 Å². The zero-order valence-corrected chi connectivity index (χ0v) is 13.2. The Kier molecular flexibility index (Phi) is 4.99. The van der Waals surface area contributed by atoms with Gasteiger partial charge < -0.3 is 10.2 Å². The van der Waals surface area contributed by atoms with E-state index in [2.05, 4.69) is 33.1 Å². The second-order valence-corrected chi connectivity index (χ2v) is 6.26. The topological polar surface area (TPSA) is 32.3 Å². The van der Waals surface area contributed by atoms with E-state index < -0.39 is 0 Å². The van der Waals surface area contributed by atoms with Crippen LogP contribution in [0.25, 0.3) is 0 Å². The molecule has 4 heteroatoms. The molecule has 2 rings (SSSR count). The molecule has 1 N–H and O–H groups in total. The smallest absolute Gasteiger partial charge is 0.251 e.